The first-order chi connectivity index (χ1) is 20.7. The summed E-state index contributed by atoms with van der Waals surface area (Å²) in [6.07, 6.45) is 1.60. The molecule has 0 unspecified atom stereocenters. The molecule has 1 aromatic carbocycles. The Morgan fingerprint density at radius 2 is 1.79 bits per heavy atom. The van der Waals surface area contributed by atoms with Crippen molar-refractivity contribution in [3.63, 3.8) is 0 Å². The molecule has 0 bridgehead atoms. The quantitative estimate of drug-likeness (QED) is 0.331. The molecule has 1 saturated heterocycles. The molecule has 43 heavy (non-hydrogen) atoms. The molecule has 3 amide bonds. The van der Waals surface area contributed by atoms with Crippen LogP contribution in [0.4, 0.5) is 9.18 Å². The number of carbonyl (C=O) groups is 4. The fourth-order valence-corrected chi connectivity index (χ4v) is 4.99. The second-order valence-electron chi connectivity index (χ2n) is 10.8. The van der Waals surface area contributed by atoms with Crippen LogP contribution in [0.2, 0.25) is 0 Å². The number of aromatic nitrogens is 2. The van der Waals surface area contributed by atoms with Crippen LogP contribution in [-0.4, -0.2) is 101 Å². The van der Waals surface area contributed by atoms with Gasteiger partial charge in [0.05, 0.1) is 6.61 Å². The number of nitrogens with zero attached hydrogens (tertiary/aromatic N) is 4. The summed E-state index contributed by atoms with van der Waals surface area (Å²) in [6, 6.07) is 6.05. The number of ether oxygens (including phenoxy) is 2. The van der Waals surface area contributed by atoms with Gasteiger partial charge in [0.25, 0.3) is 5.91 Å². The number of aliphatic carboxylic acids is 1. The van der Waals surface area contributed by atoms with E-state index >= 15 is 0 Å². The maximum atomic E-state index is 13.6. The van der Waals surface area contributed by atoms with Crippen LogP contribution in [0.5, 0.6) is 0 Å². The van der Waals surface area contributed by atoms with E-state index in [4.69, 9.17) is 9.47 Å². The van der Waals surface area contributed by atoms with Crippen LogP contribution in [0.15, 0.2) is 30.3 Å². The molecular formula is C30H38FN5O7. The molecule has 2 aromatic rings. The maximum absolute atomic E-state index is 13.6. The Hall–Kier alpha value is -4.13. The largest absolute Gasteiger partial charge is 0.481 e. The van der Waals surface area contributed by atoms with Gasteiger partial charge >= 0.3 is 12.1 Å². The lowest BCUT2D eigenvalue weighted by molar-refractivity contribution is -0.138. The van der Waals surface area contributed by atoms with E-state index in [1.807, 2.05) is 6.92 Å². The van der Waals surface area contributed by atoms with Crippen molar-refractivity contribution in [3.05, 3.63) is 47.5 Å². The zero-order valence-corrected chi connectivity index (χ0v) is 24.5. The van der Waals surface area contributed by atoms with Crippen molar-refractivity contribution in [2.24, 2.45) is 5.92 Å². The second kappa shape index (κ2) is 14.9. The van der Waals surface area contributed by atoms with Crippen molar-refractivity contribution >= 4 is 23.9 Å². The number of halogens is 1. The van der Waals surface area contributed by atoms with Gasteiger partial charge in [0, 0.05) is 63.5 Å². The summed E-state index contributed by atoms with van der Waals surface area (Å²) in [6.45, 7) is 3.83. The molecule has 232 valence electrons. The first-order valence-corrected chi connectivity index (χ1v) is 14.6. The molecule has 1 aliphatic heterocycles. The van der Waals surface area contributed by atoms with Crippen LogP contribution >= 0.6 is 0 Å². The first-order valence-electron chi connectivity index (χ1n) is 14.6. The van der Waals surface area contributed by atoms with Gasteiger partial charge in [-0.1, -0.05) is 13.3 Å². The number of nitrogens with one attached hydrogen (secondary N) is 1. The Kier molecular flexibility index (Phi) is 11.0. The highest BCUT2D eigenvalue weighted by Gasteiger charge is 2.40. The lowest BCUT2D eigenvalue weighted by Gasteiger charge is -2.36. The average molecular weight is 600 g/mol. The van der Waals surface area contributed by atoms with Crippen LogP contribution in [0.3, 0.4) is 0 Å². The number of carboxylic acids is 1. The van der Waals surface area contributed by atoms with Crippen LogP contribution < -0.4 is 5.32 Å². The van der Waals surface area contributed by atoms with E-state index in [1.54, 1.807) is 13.2 Å². The van der Waals surface area contributed by atoms with E-state index in [1.165, 1.54) is 34.1 Å². The predicted octanol–water partition coefficient (Wildman–Crippen LogP) is 3.08. The minimum atomic E-state index is -1.12. The predicted molar refractivity (Wildman–Crippen MR) is 153 cm³/mol. The molecule has 12 nitrogen and oxygen atoms in total. The molecule has 2 N–H and O–H groups in total. The van der Waals surface area contributed by atoms with Crippen molar-refractivity contribution in [2.45, 2.75) is 51.0 Å². The highest BCUT2D eigenvalue weighted by Crippen LogP contribution is 2.47. The van der Waals surface area contributed by atoms with Gasteiger partial charge in [0.15, 0.2) is 5.82 Å². The minimum absolute atomic E-state index is 0.0140. The van der Waals surface area contributed by atoms with Crippen LogP contribution in [0.1, 0.15) is 61.1 Å². The molecule has 1 aliphatic carbocycles. The van der Waals surface area contributed by atoms with Crippen molar-refractivity contribution in [1.82, 2.24) is 25.1 Å². The van der Waals surface area contributed by atoms with Gasteiger partial charge in [-0.3, -0.25) is 14.4 Å². The Bertz CT molecular complexity index is 1300. The van der Waals surface area contributed by atoms with Crippen molar-refractivity contribution < 1.29 is 38.1 Å². The highest BCUT2D eigenvalue weighted by atomic mass is 19.1. The van der Waals surface area contributed by atoms with Crippen LogP contribution in [0.25, 0.3) is 11.4 Å². The third-order valence-corrected chi connectivity index (χ3v) is 7.59. The standard InChI is InChI=1S/C30H38FN5O7/c1-3-4-15-43-30(41)36-13-11-35(12-14-36)29(40)23(9-10-26(37)38)34-28(39)25-17-24(22-16-20(22)18-42-2)32-27(33-25)19-5-7-21(31)8-6-19/h5-8,17,20,22-23H,3-4,9-16,18H2,1-2H3,(H,34,39)(H,37,38)/t20-,22+,23+/m1/s1. The molecule has 1 saturated carbocycles. The number of rotatable bonds is 13. The average Bonchev–Trinajstić information content (AvgIpc) is 3.78. The maximum Gasteiger partial charge on any atom is 0.409 e. The van der Waals surface area contributed by atoms with Gasteiger partial charge in [-0.25, -0.2) is 19.2 Å². The summed E-state index contributed by atoms with van der Waals surface area (Å²) in [5.41, 5.74) is 1.17. The smallest absolute Gasteiger partial charge is 0.409 e. The number of unbranched alkanes of at least 4 members (excludes halogenated alkanes) is 1. The number of piperazine rings is 1. The first kappa shape index (κ1) is 31.8. The van der Waals surface area contributed by atoms with Gasteiger partial charge in [-0.05, 0) is 55.5 Å². The van der Waals surface area contributed by atoms with E-state index in [0.717, 1.165) is 19.3 Å². The zero-order valence-electron chi connectivity index (χ0n) is 24.5. The molecule has 2 fully saturated rings. The molecule has 2 aliphatic rings. The Balaban J connectivity index is 1.50. The third kappa shape index (κ3) is 8.69. The zero-order chi connectivity index (χ0) is 30.9. The summed E-state index contributed by atoms with van der Waals surface area (Å²) >= 11 is 0. The van der Waals surface area contributed by atoms with Crippen LogP contribution in [0, 0.1) is 11.7 Å². The second-order valence-corrected chi connectivity index (χ2v) is 10.8. The van der Waals surface area contributed by atoms with Crippen molar-refractivity contribution in [1.29, 1.82) is 0 Å². The van der Waals surface area contributed by atoms with Crippen LogP contribution in [-0.2, 0) is 19.1 Å². The molecule has 2 heterocycles. The molecule has 0 spiro atoms. The fourth-order valence-electron chi connectivity index (χ4n) is 4.99. The number of hydrogen-bond donors (Lipinski definition) is 2. The minimum Gasteiger partial charge on any atom is -0.481 e. The Morgan fingerprint density at radius 3 is 2.44 bits per heavy atom. The number of carboxylic acid groups (broad SMARTS) is 1. The summed E-state index contributed by atoms with van der Waals surface area (Å²) in [4.78, 5) is 62.8. The summed E-state index contributed by atoms with van der Waals surface area (Å²) < 4.78 is 24.1. The summed E-state index contributed by atoms with van der Waals surface area (Å²) in [5, 5.41) is 12.0. The number of methoxy groups -OCH3 is 1. The summed E-state index contributed by atoms with van der Waals surface area (Å²) in [5.74, 6) is -2.09. The van der Waals surface area contributed by atoms with E-state index in [0.29, 0.717) is 24.5 Å². The number of hydrogen-bond acceptors (Lipinski definition) is 8. The fraction of sp³-hybridized carbons (Fsp3) is 0.533. The van der Waals surface area contributed by atoms with Gasteiger partial charge in [-0.15, -0.1) is 0 Å². The Labute approximate surface area is 249 Å². The third-order valence-electron chi connectivity index (χ3n) is 7.59. The molecule has 1 aromatic heterocycles. The molecule has 4 rings (SSSR count). The molecular weight excluding hydrogens is 561 g/mol. The monoisotopic (exact) mass is 599 g/mol. The normalized spacial score (nSPS) is 18.6. The molecule has 3 atom stereocenters. The van der Waals surface area contributed by atoms with Gasteiger partial charge in [0.1, 0.15) is 17.6 Å². The van der Waals surface area contributed by atoms with E-state index in [9.17, 15) is 28.7 Å². The summed E-state index contributed by atoms with van der Waals surface area (Å²) in [7, 11) is 1.62. The SMILES string of the molecule is CCCCOC(=O)N1CCN(C(=O)[C@H](CCC(=O)O)NC(=O)c2cc([C@H]3C[C@@H]3COC)nc(-c3ccc(F)cc3)n2)CC1. The van der Waals surface area contributed by atoms with Gasteiger partial charge < -0.3 is 29.7 Å². The number of benzene rings is 1. The highest BCUT2D eigenvalue weighted by molar-refractivity contribution is 5.96. The molecule has 0 radical (unpaired) electrons. The van der Waals surface area contributed by atoms with Gasteiger partial charge in [0.2, 0.25) is 5.91 Å². The van der Waals surface area contributed by atoms with Gasteiger partial charge in [-0.2, -0.15) is 0 Å². The van der Waals surface area contributed by atoms with E-state index < -0.39 is 35.7 Å². The lowest BCUT2D eigenvalue weighted by atomic mass is 10.1. The number of carbonyl (C=O) groups excluding carboxylic acids is 3. The number of amides is 3. The Morgan fingerprint density at radius 1 is 1.09 bits per heavy atom. The molecule has 13 heteroatoms. The topological polar surface area (TPSA) is 151 Å². The van der Waals surface area contributed by atoms with E-state index in [2.05, 4.69) is 15.3 Å². The van der Waals surface area contributed by atoms with E-state index in [-0.39, 0.29) is 62.4 Å². The van der Waals surface area contributed by atoms with Crippen molar-refractivity contribution in [3.8, 4) is 11.4 Å². The van der Waals surface area contributed by atoms with Crippen molar-refractivity contribution in [2.75, 3.05) is 46.5 Å². The lowest BCUT2D eigenvalue weighted by Crippen LogP contribution is -2.56.